The lowest BCUT2D eigenvalue weighted by molar-refractivity contribution is -0.685. The molecule has 1 aromatic rings. The number of hydrogen-bond donors (Lipinski definition) is 3. The van der Waals surface area contributed by atoms with Crippen LogP contribution in [0.5, 0.6) is 5.75 Å². The molecule has 0 saturated heterocycles. The number of nitrogens with one attached hydrogen (secondary N) is 2. The molecule has 1 fully saturated rings. The number of methoxy groups -OCH3 is 2. The Hall–Kier alpha value is -2.54. The summed E-state index contributed by atoms with van der Waals surface area (Å²) in [6, 6.07) is 7.00. The fourth-order valence-corrected chi connectivity index (χ4v) is 3.83. The molecule has 0 bridgehead atoms. The van der Waals surface area contributed by atoms with Gasteiger partial charge in [0.25, 0.3) is 0 Å². The fraction of sp³-hybridized carbons (Fsp3) is 0.500. The maximum Gasteiger partial charge on any atom is 0.338 e. The molecule has 2 aliphatic rings. The zero-order valence-electron chi connectivity index (χ0n) is 15.9. The molecule has 27 heavy (non-hydrogen) atoms. The summed E-state index contributed by atoms with van der Waals surface area (Å²) in [6.45, 7) is 0.551. The van der Waals surface area contributed by atoms with Gasteiger partial charge < -0.3 is 25.4 Å². The molecule has 4 N–H and O–H groups in total. The smallest absolute Gasteiger partial charge is 0.338 e. The average Bonchev–Trinajstić information content (AvgIpc) is 2.72. The van der Waals surface area contributed by atoms with E-state index in [9.17, 15) is 9.59 Å². The lowest BCUT2D eigenvalue weighted by Crippen LogP contribution is -2.91. The summed E-state index contributed by atoms with van der Waals surface area (Å²) in [4.78, 5) is 24.8. The Morgan fingerprint density at radius 2 is 1.85 bits per heavy atom. The molecule has 1 heterocycles. The number of hydrogen-bond acceptors (Lipinski definition) is 4. The second kappa shape index (κ2) is 8.90. The van der Waals surface area contributed by atoms with Crippen molar-refractivity contribution >= 4 is 12.0 Å². The third kappa shape index (κ3) is 4.60. The predicted molar refractivity (Wildman–Crippen MR) is 100 cm³/mol. The van der Waals surface area contributed by atoms with Crippen LogP contribution in [-0.4, -0.2) is 38.8 Å². The number of benzene rings is 1. The molecule has 0 unspecified atom stereocenters. The lowest BCUT2D eigenvalue weighted by Gasteiger charge is -2.29. The lowest BCUT2D eigenvalue weighted by atomic mass is 9.93. The summed E-state index contributed by atoms with van der Waals surface area (Å²) in [6.07, 6.45) is 6.13. The number of rotatable bonds is 6. The molecule has 1 aliphatic heterocycles. The Balaban J connectivity index is 1.87. The summed E-state index contributed by atoms with van der Waals surface area (Å²) >= 11 is 0. The van der Waals surface area contributed by atoms with Gasteiger partial charge in [0, 0.05) is 0 Å². The number of carbonyl (C=O) groups excluding carboxylic acids is 2. The molecule has 2 amide bonds. The number of esters is 1. The van der Waals surface area contributed by atoms with E-state index in [4.69, 9.17) is 9.47 Å². The van der Waals surface area contributed by atoms with Gasteiger partial charge in [-0.3, -0.25) is 0 Å². The van der Waals surface area contributed by atoms with Crippen LogP contribution in [0.3, 0.4) is 0 Å². The van der Waals surface area contributed by atoms with Crippen molar-refractivity contribution < 1.29 is 24.4 Å². The van der Waals surface area contributed by atoms with Crippen molar-refractivity contribution in [1.29, 1.82) is 0 Å². The van der Waals surface area contributed by atoms with Crippen LogP contribution in [-0.2, 0) is 9.53 Å². The van der Waals surface area contributed by atoms with Crippen molar-refractivity contribution in [1.82, 2.24) is 10.6 Å². The Bertz CT molecular complexity index is 708. The van der Waals surface area contributed by atoms with Gasteiger partial charge in [0.1, 0.15) is 12.3 Å². The first-order valence-corrected chi connectivity index (χ1v) is 9.48. The van der Waals surface area contributed by atoms with Gasteiger partial charge in [0.05, 0.1) is 37.6 Å². The van der Waals surface area contributed by atoms with Crippen LogP contribution < -0.4 is 20.7 Å². The van der Waals surface area contributed by atoms with E-state index in [1.54, 1.807) is 7.11 Å². The summed E-state index contributed by atoms with van der Waals surface area (Å²) in [5.41, 5.74) is 1.88. The third-order valence-electron chi connectivity index (χ3n) is 5.31. The van der Waals surface area contributed by atoms with Gasteiger partial charge in [-0.25, -0.2) is 9.59 Å². The van der Waals surface area contributed by atoms with Gasteiger partial charge in [-0.2, -0.15) is 0 Å². The van der Waals surface area contributed by atoms with E-state index in [1.165, 1.54) is 39.2 Å². The van der Waals surface area contributed by atoms with Crippen molar-refractivity contribution in [2.24, 2.45) is 0 Å². The zero-order valence-corrected chi connectivity index (χ0v) is 15.9. The molecule has 0 radical (unpaired) electrons. The van der Waals surface area contributed by atoms with E-state index in [0.717, 1.165) is 5.56 Å². The van der Waals surface area contributed by atoms with Gasteiger partial charge in [0.2, 0.25) is 0 Å². The molecule has 3 rings (SSSR count). The van der Waals surface area contributed by atoms with Gasteiger partial charge in [-0.15, -0.1) is 0 Å². The Labute approximate surface area is 159 Å². The Kier molecular flexibility index (Phi) is 6.34. The van der Waals surface area contributed by atoms with Crippen molar-refractivity contribution in [3.8, 4) is 5.75 Å². The number of carbonyl (C=O) groups is 2. The number of quaternary nitrogens is 1. The number of nitrogens with two attached hydrogens (primary N) is 1. The monoisotopic (exact) mass is 374 g/mol. The second-order valence-electron chi connectivity index (χ2n) is 7.03. The highest BCUT2D eigenvalue weighted by molar-refractivity contribution is 5.95. The molecule has 1 saturated carbocycles. The first kappa shape index (κ1) is 19.2. The topological polar surface area (TPSA) is 93.3 Å². The highest BCUT2D eigenvalue weighted by Gasteiger charge is 2.34. The Morgan fingerprint density at radius 3 is 2.48 bits per heavy atom. The number of urea groups is 1. The minimum absolute atomic E-state index is 0.310. The van der Waals surface area contributed by atoms with Crippen molar-refractivity contribution in [3.05, 3.63) is 41.1 Å². The minimum Gasteiger partial charge on any atom is -0.497 e. The highest BCUT2D eigenvalue weighted by atomic mass is 16.5. The van der Waals surface area contributed by atoms with Crippen LogP contribution in [0.15, 0.2) is 35.5 Å². The quantitative estimate of drug-likeness (QED) is 0.656. The Morgan fingerprint density at radius 1 is 1.15 bits per heavy atom. The van der Waals surface area contributed by atoms with Gasteiger partial charge >= 0.3 is 12.0 Å². The summed E-state index contributed by atoms with van der Waals surface area (Å²) in [5.74, 6) is 0.281. The standard InChI is InChI=1S/C20H27N3O4/c1-26-15-10-8-13(9-11-15)18-17(19(24)27-2)16(22-20(25)23-18)12-21-14-6-4-3-5-7-14/h8-11,14,18,21H,3-7,12H2,1-2H3,(H2,22,23,25)/p+1/t18-/m0/s1. The normalized spacial score (nSPS) is 20.7. The summed E-state index contributed by atoms with van der Waals surface area (Å²) in [7, 11) is 2.96. The molecule has 1 atom stereocenters. The van der Waals surface area contributed by atoms with Gasteiger partial charge in [-0.05, 0) is 43.4 Å². The van der Waals surface area contributed by atoms with Crippen LogP contribution in [0.4, 0.5) is 4.79 Å². The first-order valence-electron chi connectivity index (χ1n) is 9.48. The van der Waals surface area contributed by atoms with Crippen molar-refractivity contribution in [3.63, 3.8) is 0 Å². The number of ether oxygens (including phenoxy) is 2. The van der Waals surface area contributed by atoms with E-state index in [2.05, 4.69) is 16.0 Å². The first-order chi connectivity index (χ1) is 13.1. The SMILES string of the molecule is COC(=O)C1=C(C[NH2+]C2CCCCC2)NC(=O)N[C@H]1c1ccc(OC)cc1. The molecular weight excluding hydrogens is 346 g/mol. The van der Waals surface area contributed by atoms with E-state index in [1.807, 2.05) is 24.3 Å². The maximum absolute atomic E-state index is 12.5. The second-order valence-corrected chi connectivity index (χ2v) is 7.03. The largest absolute Gasteiger partial charge is 0.497 e. The van der Waals surface area contributed by atoms with Crippen LogP contribution >= 0.6 is 0 Å². The molecule has 7 heteroatoms. The van der Waals surface area contributed by atoms with E-state index in [0.29, 0.717) is 29.6 Å². The minimum atomic E-state index is -0.549. The summed E-state index contributed by atoms with van der Waals surface area (Å²) in [5, 5.41) is 7.89. The molecule has 7 nitrogen and oxygen atoms in total. The van der Waals surface area contributed by atoms with Crippen LogP contribution in [0.25, 0.3) is 0 Å². The van der Waals surface area contributed by atoms with Crippen LogP contribution in [0.2, 0.25) is 0 Å². The predicted octanol–water partition coefficient (Wildman–Crippen LogP) is 1.37. The number of amides is 2. The van der Waals surface area contributed by atoms with Crippen molar-refractivity contribution in [2.45, 2.75) is 44.2 Å². The molecule has 0 spiro atoms. The zero-order chi connectivity index (χ0) is 19.2. The average molecular weight is 374 g/mol. The fourth-order valence-electron chi connectivity index (χ4n) is 3.83. The molecule has 1 aliphatic carbocycles. The van der Waals surface area contributed by atoms with Crippen LogP contribution in [0, 0.1) is 0 Å². The molecule has 0 aromatic heterocycles. The highest BCUT2D eigenvalue weighted by Crippen LogP contribution is 2.28. The molecule has 1 aromatic carbocycles. The van der Waals surface area contributed by atoms with Crippen LogP contribution in [0.1, 0.15) is 43.7 Å². The molecular formula is C20H28N3O4+. The van der Waals surface area contributed by atoms with Crippen molar-refractivity contribution in [2.75, 3.05) is 20.8 Å². The summed E-state index contributed by atoms with van der Waals surface area (Å²) < 4.78 is 10.2. The molecule has 146 valence electrons. The van der Waals surface area contributed by atoms with Gasteiger partial charge in [0.15, 0.2) is 0 Å². The van der Waals surface area contributed by atoms with E-state index >= 15 is 0 Å². The third-order valence-corrected chi connectivity index (χ3v) is 5.31. The maximum atomic E-state index is 12.5. The van der Waals surface area contributed by atoms with E-state index in [-0.39, 0.29) is 6.03 Å². The van der Waals surface area contributed by atoms with E-state index < -0.39 is 12.0 Å². The van der Waals surface area contributed by atoms with Gasteiger partial charge in [-0.1, -0.05) is 18.6 Å².